The van der Waals surface area contributed by atoms with Crippen molar-refractivity contribution in [2.75, 3.05) is 0 Å². The van der Waals surface area contributed by atoms with E-state index in [2.05, 4.69) is 0 Å². The van der Waals surface area contributed by atoms with Crippen molar-refractivity contribution in [3.8, 4) is 44.8 Å². The molecule has 8 aromatic carbocycles. The Morgan fingerprint density at radius 1 is 0.300 bits per heavy atom. The van der Waals surface area contributed by atoms with Gasteiger partial charge in [-0.25, -0.2) is 0 Å². The molecule has 0 atom stereocenters. The molecule has 0 bridgehead atoms. The van der Waals surface area contributed by atoms with Crippen molar-refractivity contribution in [2.24, 2.45) is 0 Å². The molecule has 0 fully saturated rings. The van der Waals surface area contributed by atoms with Crippen LogP contribution in [0.3, 0.4) is 0 Å². The number of para-hydroxylation sites is 2. The maximum atomic E-state index is 9.09. The molecule has 0 amide bonds. The van der Waals surface area contributed by atoms with E-state index in [0.717, 1.165) is 16.8 Å². The van der Waals surface area contributed by atoms with E-state index in [9.17, 15) is 0 Å². The standard InChI is InChI=1S/C48H32N2/c1-3-12-33(13-4-1)35-22-26-39(27-23-35)49-45-20-9-7-18-41(45)43-31-37(24-28-47(43)49)38-25-29-48-44(32-38)42-19-8-10-21-46(42)50(48)40-17-11-16-36(30-40)34-14-5-2-6-15-34/h1-32H/i1D,3D,4D,7D,8D,9D,10D,12D,13D,18D,19D,20D,21D. The molecular formula is C48H32N2. The zero-order chi connectivity index (χ0) is 44.3. The average molecular weight is 650 g/mol. The molecule has 50 heavy (non-hydrogen) atoms. The highest BCUT2D eigenvalue weighted by molar-refractivity contribution is 6.12. The van der Waals surface area contributed by atoms with Crippen LogP contribution in [0.15, 0.2) is 194 Å². The fraction of sp³-hybridized carbons (Fsp3) is 0. The number of benzene rings is 8. The maximum Gasteiger partial charge on any atom is 0.0645 e. The van der Waals surface area contributed by atoms with Gasteiger partial charge in [0.15, 0.2) is 0 Å². The molecule has 0 aliphatic heterocycles. The maximum absolute atomic E-state index is 9.09. The van der Waals surface area contributed by atoms with Crippen LogP contribution in [0.25, 0.3) is 88.4 Å². The number of hydrogen-bond donors (Lipinski definition) is 0. The lowest BCUT2D eigenvalue weighted by atomic mass is 10.0. The van der Waals surface area contributed by atoms with Crippen LogP contribution in [-0.4, -0.2) is 9.13 Å². The monoisotopic (exact) mass is 649 g/mol. The second-order valence-corrected chi connectivity index (χ2v) is 12.0. The molecule has 0 radical (unpaired) electrons. The van der Waals surface area contributed by atoms with E-state index >= 15 is 0 Å². The van der Waals surface area contributed by atoms with Gasteiger partial charge in [0, 0.05) is 32.9 Å². The van der Waals surface area contributed by atoms with Crippen LogP contribution in [0.2, 0.25) is 0 Å². The van der Waals surface area contributed by atoms with E-state index < -0.39 is 30.2 Å². The minimum Gasteiger partial charge on any atom is -0.309 e. The summed E-state index contributed by atoms with van der Waals surface area (Å²) in [7, 11) is 0. The van der Waals surface area contributed by atoms with E-state index in [4.69, 9.17) is 17.8 Å². The fourth-order valence-corrected chi connectivity index (χ4v) is 6.96. The molecule has 0 saturated carbocycles. The molecule has 0 N–H and O–H groups in total. The van der Waals surface area contributed by atoms with Crippen LogP contribution in [0.1, 0.15) is 17.8 Å². The van der Waals surface area contributed by atoms with Crippen molar-refractivity contribution in [2.45, 2.75) is 0 Å². The third-order valence-corrected chi connectivity index (χ3v) is 9.26. The van der Waals surface area contributed by atoms with Crippen molar-refractivity contribution in [1.82, 2.24) is 9.13 Å². The predicted molar refractivity (Wildman–Crippen MR) is 211 cm³/mol. The summed E-state index contributed by atoms with van der Waals surface area (Å²) in [5.74, 6) is 0. The molecule has 10 aromatic rings. The normalized spacial score (nSPS) is 15.2. The number of aromatic nitrogens is 2. The molecule has 0 unspecified atom stereocenters. The lowest BCUT2D eigenvalue weighted by molar-refractivity contribution is 1.18. The van der Waals surface area contributed by atoms with Crippen molar-refractivity contribution in [3.05, 3.63) is 194 Å². The van der Waals surface area contributed by atoms with E-state index in [-0.39, 0.29) is 64.8 Å². The van der Waals surface area contributed by atoms with Crippen LogP contribution < -0.4 is 0 Å². The summed E-state index contributed by atoms with van der Waals surface area (Å²) in [6, 6.07) is 31.2. The minimum atomic E-state index is -0.492. The lowest BCUT2D eigenvalue weighted by Gasteiger charge is -2.11. The third kappa shape index (κ3) is 4.57. The molecule has 2 nitrogen and oxygen atoms in total. The quantitative estimate of drug-likeness (QED) is 0.176. The predicted octanol–water partition coefficient (Wildman–Crippen LogP) is 12.9. The van der Waals surface area contributed by atoms with Gasteiger partial charge in [0.1, 0.15) is 0 Å². The first-order chi connectivity index (χ1) is 30.2. The van der Waals surface area contributed by atoms with Gasteiger partial charge in [0.25, 0.3) is 0 Å². The number of fused-ring (bicyclic) bond motifs is 6. The summed E-state index contributed by atoms with van der Waals surface area (Å²) in [6.45, 7) is 0. The van der Waals surface area contributed by atoms with E-state index in [1.807, 2.05) is 95.6 Å². The minimum absolute atomic E-state index is 0.0395. The largest absolute Gasteiger partial charge is 0.309 e. The number of nitrogens with zero attached hydrogens (tertiary/aromatic N) is 2. The van der Waals surface area contributed by atoms with Crippen LogP contribution in [0.4, 0.5) is 0 Å². The van der Waals surface area contributed by atoms with Gasteiger partial charge >= 0.3 is 0 Å². The Morgan fingerprint density at radius 2 is 0.800 bits per heavy atom. The van der Waals surface area contributed by atoms with Gasteiger partial charge in [-0.05, 0) is 94.0 Å². The van der Waals surface area contributed by atoms with Gasteiger partial charge in [-0.15, -0.1) is 0 Å². The Labute approximate surface area is 309 Å². The van der Waals surface area contributed by atoms with Crippen molar-refractivity contribution in [3.63, 3.8) is 0 Å². The Bertz CT molecular complexity index is 3570. The molecule has 2 heteroatoms. The van der Waals surface area contributed by atoms with Gasteiger partial charge in [-0.1, -0.05) is 133 Å². The van der Waals surface area contributed by atoms with E-state index in [0.29, 0.717) is 55.1 Å². The molecule has 2 heterocycles. The van der Waals surface area contributed by atoms with Crippen LogP contribution in [0, 0.1) is 0 Å². The molecule has 0 saturated heterocycles. The number of hydrogen-bond acceptors (Lipinski definition) is 0. The van der Waals surface area contributed by atoms with Gasteiger partial charge in [-0.2, -0.15) is 0 Å². The Morgan fingerprint density at radius 3 is 1.44 bits per heavy atom. The van der Waals surface area contributed by atoms with Crippen molar-refractivity contribution in [1.29, 1.82) is 0 Å². The molecule has 234 valence electrons. The number of rotatable bonds is 5. The van der Waals surface area contributed by atoms with Crippen molar-refractivity contribution < 1.29 is 17.8 Å². The summed E-state index contributed by atoms with van der Waals surface area (Å²) in [5, 5.41) is 1.79. The Balaban J connectivity index is 1.18. The highest BCUT2D eigenvalue weighted by atomic mass is 15.0. The lowest BCUT2D eigenvalue weighted by Crippen LogP contribution is -1.94. The van der Waals surface area contributed by atoms with Crippen molar-refractivity contribution >= 4 is 43.6 Å². The van der Waals surface area contributed by atoms with Gasteiger partial charge < -0.3 is 9.13 Å². The van der Waals surface area contributed by atoms with E-state index in [1.54, 1.807) is 28.8 Å². The zero-order valence-electron chi connectivity index (χ0n) is 39.4. The Kier molecular flexibility index (Phi) is 4.19. The Hall–Kier alpha value is -6.64. The molecular weight excluding hydrogens is 605 g/mol. The summed E-state index contributed by atoms with van der Waals surface area (Å²) in [6.07, 6.45) is 0. The molecule has 0 aliphatic rings. The van der Waals surface area contributed by atoms with Gasteiger partial charge in [-0.3, -0.25) is 0 Å². The second kappa shape index (κ2) is 11.5. The molecule has 0 spiro atoms. The summed E-state index contributed by atoms with van der Waals surface area (Å²) in [4.78, 5) is 0. The first-order valence-electron chi connectivity index (χ1n) is 22.6. The van der Waals surface area contributed by atoms with Crippen LogP contribution in [-0.2, 0) is 0 Å². The van der Waals surface area contributed by atoms with Crippen LogP contribution in [0.5, 0.6) is 0 Å². The van der Waals surface area contributed by atoms with Gasteiger partial charge in [0.05, 0.1) is 39.9 Å². The fourth-order valence-electron chi connectivity index (χ4n) is 6.96. The summed E-state index contributed by atoms with van der Waals surface area (Å²) < 4.78 is 116. The highest BCUT2D eigenvalue weighted by Crippen LogP contribution is 2.39. The average Bonchev–Trinajstić information content (AvgIpc) is 3.84. The van der Waals surface area contributed by atoms with E-state index in [1.165, 1.54) is 0 Å². The zero-order valence-corrected chi connectivity index (χ0v) is 26.4. The van der Waals surface area contributed by atoms with Crippen LogP contribution >= 0.6 is 0 Å². The highest BCUT2D eigenvalue weighted by Gasteiger charge is 2.16. The summed E-state index contributed by atoms with van der Waals surface area (Å²) in [5.41, 5.74) is 6.81. The summed E-state index contributed by atoms with van der Waals surface area (Å²) >= 11 is 0. The first kappa shape index (κ1) is 18.2. The smallest absolute Gasteiger partial charge is 0.0645 e. The SMILES string of the molecule is [2H]c1c([2H])c([2H])c(-c2ccc(-n3c4ccc(-c5ccc6c(c5)c5c([2H])c([2H])c([2H])c([2H])c5n6-c5cccc(-c6ccccc6)c5)cc4c4c([2H])c([2H])c([2H])c([2H])c43)cc2)c([2H])c1[2H]. The second-order valence-electron chi connectivity index (χ2n) is 12.0. The third-order valence-electron chi connectivity index (χ3n) is 9.26. The topological polar surface area (TPSA) is 9.86 Å². The first-order valence-corrected chi connectivity index (χ1v) is 16.1. The molecule has 0 aliphatic carbocycles. The molecule has 10 rings (SSSR count). The van der Waals surface area contributed by atoms with Gasteiger partial charge in [0.2, 0.25) is 0 Å². The molecule has 2 aromatic heterocycles.